The van der Waals surface area contributed by atoms with Gasteiger partial charge in [-0.05, 0) is 54.6 Å². The van der Waals surface area contributed by atoms with E-state index >= 15 is 0 Å². The van der Waals surface area contributed by atoms with Gasteiger partial charge in [-0.25, -0.2) is 14.4 Å². The predicted octanol–water partition coefficient (Wildman–Crippen LogP) is 3.40. The first kappa shape index (κ1) is 34.3. The Morgan fingerprint density at radius 1 is 0.705 bits per heavy atom. The minimum Gasteiger partial charge on any atom is -1.00 e. The van der Waals surface area contributed by atoms with E-state index in [2.05, 4.69) is 46.4 Å². The third kappa shape index (κ3) is 7.64. The van der Waals surface area contributed by atoms with Gasteiger partial charge >= 0.3 is 69.3 Å². The summed E-state index contributed by atoms with van der Waals surface area (Å²) in [6.45, 7) is 0. The number of methoxy groups -OCH3 is 2. The molecule has 216 valence electrons. The molecule has 0 saturated carbocycles. The second-order valence-corrected chi connectivity index (χ2v) is 9.65. The van der Waals surface area contributed by atoms with Crippen LogP contribution in [0.3, 0.4) is 0 Å². The summed E-state index contributed by atoms with van der Waals surface area (Å²) < 4.78 is 10.2. The van der Waals surface area contributed by atoms with Crippen LogP contribution in [0.5, 0.6) is 0 Å². The Balaban J connectivity index is 0.000000230. The van der Waals surface area contributed by atoms with Gasteiger partial charge in [0.2, 0.25) is 0 Å². The van der Waals surface area contributed by atoms with Crippen LogP contribution in [0.4, 0.5) is 0 Å². The number of aromatic amines is 3. The first-order valence-electron chi connectivity index (χ1n) is 12.4. The van der Waals surface area contributed by atoms with E-state index in [0.717, 1.165) is 26.3 Å². The fourth-order valence-electron chi connectivity index (χ4n) is 4.18. The van der Waals surface area contributed by atoms with Gasteiger partial charge in [-0.3, -0.25) is 0 Å². The summed E-state index contributed by atoms with van der Waals surface area (Å²) >= 11 is 3.41. The van der Waals surface area contributed by atoms with E-state index in [1.807, 2.05) is 30.3 Å². The van der Waals surface area contributed by atoms with Gasteiger partial charge in [0, 0.05) is 37.2 Å². The third-order valence-corrected chi connectivity index (χ3v) is 6.91. The maximum absolute atomic E-state index is 11.2. The van der Waals surface area contributed by atoms with Crippen LogP contribution in [0, 0.1) is 22.7 Å². The molecule has 6 rings (SSSR count). The second-order valence-electron chi connectivity index (χ2n) is 8.80. The first-order valence-corrected chi connectivity index (χ1v) is 13.2. The molecule has 3 heterocycles. The molecule has 13 heteroatoms. The molecule has 0 spiro atoms. The molecule has 6 aromatic rings. The average Bonchev–Trinajstić information content (AvgIpc) is 3.77. The number of nitriles is 2. The number of aromatic carboxylic acids is 1. The molecule has 3 aromatic carbocycles. The van der Waals surface area contributed by atoms with E-state index in [0.29, 0.717) is 33.4 Å². The van der Waals surface area contributed by atoms with Crippen molar-refractivity contribution in [3.05, 3.63) is 105 Å². The normalized spacial score (nSPS) is 9.84. The topological polar surface area (TPSA) is 185 Å². The zero-order valence-corrected chi connectivity index (χ0v) is 28.4. The number of hydrogen-bond donors (Lipinski definition) is 4. The van der Waals surface area contributed by atoms with E-state index in [1.165, 1.54) is 20.3 Å². The number of aromatic nitrogens is 3. The van der Waals surface area contributed by atoms with Gasteiger partial charge in [0.1, 0.15) is 17.1 Å². The fraction of sp³-hybridized carbons (Fsp3) is 0.0645. The first-order chi connectivity index (χ1) is 20.7. The molecule has 0 bridgehead atoms. The summed E-state index contributed by atoms with van der Waals surface area (Å²) in [6, 6.07) is 25.1. The number of halogens is 1. The Labute approximate surface area is 302 Å². The maximum Gasteiger partial charge on any atom is 1.00 e. The number of benzene rings is 3. The number of carboxylic acids is 1. The molecule has 0 aliphatic carbocycles. The van der Waals surface area contributed by atoms with E-state index in [9.17, 15) is 14.4 Å². The number of carbonyl (C=O) groups excluding carboxylic acids is 2. The second kappa shape index (κ2) is 15.5. The number of nitrogens with zero attached hydrogens (tertiary/aromatic N) is 2. The Morgan fingerprint density at radius 2 is 1.09 bits per heavy atom. The van der Waals surface area contributed by atoms with Crippen LogP contribution in [-0.2, 0) is 9.47 Å². The van der Waals surface area contributed by atoms with Crippen LogP contribution < -0.4 is 51.4 Å². The van der Waals surface area contributed by atoms with Crippen molar-refractivity contribution in [3.63, 3.8) is 0 Å². The number of fused-ring (bicyclic) bond motifs is 3. The summed E-state index contributed by atoms with van der Waals surface area (Å²) in [6.07, 6.45) is 0. The molecule has 0 atom stereocenters. The molecule has 0 amide bonds. The quantitative estimate of drug-likeness (QED) is 0.162. The van der Waals surface area contributed by atoms with E-state index in [1.54, 1.807) is 42.5 Å². The van der Waals surface area contributed by atoms with Crippen LogP contribution in [0.1, 0.15) is 44.0 Å². The molecule has 0 fully saturated rings. The Morgan fingerprint density at radius 3 is 1.50 bits per heavy atom. The molecule has 0 aliphatic heterocycles. The summed E-state index contributed by atoms with van der Waals surface area (Å²) in [4.78, 5) is 41.7. The number of nitrogens with one attached hydrogen (secondary N) is 3. The van der Waals surface area contributed by atoms with Crippen molar-refractivity contribution >= 4 is 66.5 Å². The third-order valence-electron chi connectivity index (χ3n) is 6.22. The molecule has 0 saturated heterocycles. The van der Waals surface area contributed by atoms with Gasteiger partial charge < -0.3 is 31.0 Å². The molecule has 0 unspecified atom stereocenters. The minimum atomic E-state index is -1.02. The summed E-state index contributed by atoms with van der Waals surface area (Å²) in [7, 11) is 2.68. The number of carboxylic acid groups (broad SMARTS) is 1. The predicted molar refractivity (Wildman–Crippen MR) is 163 cm³/mol. The van der Waals surface area contributed by atoms with Crippen molar-refractivity contribution in [2.24, 2.45) is 0 Å². The number of carbonyl (C=O) groups is 3. The summed E-state index contributed by atoms with van der Waals surface area (Å²) in [5.41, 5.74) is 4.29. The number of ether oxygens (including phenoxy) is 2. The monoisotopic (exact) mass is 679 g/mol. The van der Waals surface area contributed by atoms with Gasteiger partial charge in [-0.15, -0.1) is 0 Å². The van der Waals surface area contributed by atoms with E-state index in [4.69, 9.17) is 15.6 Å². The van der Waals surface area contributed by atoms with Gasteiger partial charge in [-0.1, -0.05) is 34.1 Å². The van der Waals surface area contributed by atoms with Crippen molar-refractivity contribution in [1.82, 2.24) is 15.0 Å². The van der Waals surface area contributed by atoms with Gasteiger partial charge in [-0.2, -0.15) is 10.5 Å². The number of hydrogen-bond acceptors (Lipinski definition) is 7. The van der Waals surface area contributed by atoms with Crippen molar-refractivity contribution in [1.29, 1.82) is 10.5 Å². The molecule has 44 heavy (non-hydrogen) atoms. The largest absolute Gasteiger partial charge is 1.00 e. The van der Waals surface area contributed by atoms with E-state index < -0.39 is 11.9 Å². The molecule has 11 nitrogen and oxygen atoms in total. The fourth-order valence-corrected chi connectivity index (χ4v) is 4.66. The van der Waals surface area contributed by atoms with Crippen molar-refractivity contribution in [2.45, 2.75) is 0 Å². The van der Waals surface area contributed by atoms with Gasteiger partial charge in [0.05, 0.1) is 37.5 Å². The van der Waals surface area contributed by atoms with E-state index in [-0.39, 0.29) is 64.5 Å². The molecule has 0 radical (unpaired) electrons. The number of H-pyrrole nitrogens is 3. The molecule has 4 N–H and O–H groups in total. The molecular weight excluding hydrogens is 657 g/mol. The Kier molecular flexibility index (Phi) is 12.1. The molecule has 3 aromatic heterocycles. The van der Waals surface area contributed by atoms with Crippen LogP contribution in [0.25, 0.3) is 32.7 Å². The van der Waals surface area contributed by atoms with Gasteiger partial charge in [0.15, 0.2) is 0 Å². The molecule has 0 aliphatic rings. The Bertz CT molecular complexity index is 2090. The van der Waals surface area contributed by atoms with Crippen molar-refractivity contribution in [3.8, 4) is 12.1 Å². The zero-order valence-electron chi connectivity index (χ0n) is 24.7. The van der Waals surface area contributed by atoms with Crippen LogP contribution in [-0.4, -0.2) is 52.2 Å². The Hall–Kier alpha value is -4.21. The standard InChI is InChI=1S/C11H8N2O2.C10H8BrNO2.C10H6N2O2.K.H/c1-15-11(14)10-5-8-7(6-12)3-2-4-9(8)13-10;1-14-10(13)9-5-6-7(11)3-2-4-8(6)12-9;11-5-6-2-1-3-8-7(6)4-9(12-8)10(13)14;;/h2-5,13H,1H3;2-5,12H,1H3;1-4,12H,(H,13,14);;/q;;;+1;-1. The number of esters is 2. The van der Waals surface area contributed by atoms with Crippen LogP contribution in [0.2, 0.25) is 0 Å². The van der Waals surface area contributed by atoms with Crippen LogP contribution in [0.15, 0.2) is 77.3 Å². The van der Waals surface area contributed by atoms with Crippen molar-refractivity contribution < 1.29 is 81.8 Å². The number of rotatable bonds is 3. The zero-order chi connectivity index (χ0) is 31.1. The minimum absolute atomic E-state index is 0. The van der Waals surface area contributed by atoms with Crippen LogP contribution >= 0.6 is 15.9 Å². The van der Waals surface area contributed by atoms with Gasteiger partial charge in [0.25, 0.3) is 0 Å². The summed E-state index contributed by atoms with van der Waals surface area (Å²) in [5, 5.41) is 28.7. The summed E-state index contributed by atoms with van der Waals surface area (Å²) in [5.74, 6) is -1.81. The smallest absolute Gasteiger partial charge is 1.00 e. The SMILES string of the molecule is COC(=O)c1cc2c(Br)cccc2[nH]1.COC(=O)c1cc2c(C#N)cccc2[nH]1.N#Cc1cccc2[nH]c(C(=O)O)cc12.[H-].[K+]. The average molecular weight is 681 g/mol. The van der Waals surface area contributed by atoms with Crippen molar-refractivity contribution in [2.75, 3.05) is 14.2 Å². The molecular formula is C31H23BrKN5O6. The maximum atomic E-state index is 11.2.